The minimum absolute atomic E-state index is 0. The van der Waals surface area contributed by atoms with E-state index in [0.717, 1.165) is 37.7 Å². The summed E-state index contributed by atoms with van der Waals surface area (Å²) < 4.78 is 31.7. The summed E-state index contributed by atoms with van der Waals surface area (Å²) in [4.78, 5) is 22.7. The fourth-order valence-corrected chi connectivity index (χ4v) is 5.44. The minimum Gasteiger partial charge on any atom is -0.490 e. The Morgan fingerprint density at radius 2 is 2.06 bits per heavy atom. The van der Waals surface area contributed by atoms with Crippen molar-refractivity contribution < 1.29 is 33.3 Å². The van der Waals surface area contributed by atoms with Gasteiger partial charge in [-0.3, -0.25) is 9.59 Å². The van der Waals surface area contributed by atoms with Crippen molar-refractivity contribution in [2.24, 2.45) is 0 Å². The second kappa shape index (κ2) is 11.7. The smallest absolute Gasteiger partial charge is 0.306 e. The van der Waals surface area contributed by atoms with Gasteiger partial charge in [-0.1, -0.05) is 12.1 Å². The van der Waals surface area contributed by atoms with Crippen LogP contribution in [-0.2, 0) is 19.1 Å². The molecular formula is C24H34ClFN2O6. The Hall–Kier alpha value is -1.94. The molecule has 34 heavy (non-hydrogen) atoms. The molecule has 2 heterocycles. The highest BCUT2D eigenvalue weighted by atomic mass is 35.5. The number of carboxylic acid groups (broad SMARTS) is 1. The first-order valence-electron chi connectivity index (χ1n) is 11.8. The lowest BCUT2D eigenvalue weighted by Crippen LogP contribution is -2.64. The lowest BCUT2D eigenvalue weighted by Gasteiger charge is -2.39. The quantitative estimate of drug-likeness (QED) is 0.504. The number of ether oxygens (including phenoxy) is 3. The number of aliphatic carboxylic acids is 1. The number of benzene rings is 1. The number of morpholine rings is 1. The number of nitrogens with one attached hydrogen (secondary N) is 2. The highest BCUT2D eigenvalue weighted by molar-refractivity contribution is 5.85. The molecule has 2 unspecified atom stereocenters. The third-order valence-electron chi connectivity index (χ3n) is 6.98. The van der Waals surface area contributed by atoms with Gasteiger partial charge in [-0.05, 0) is 51.0 Å². The Morgan fingerprint density at radius 3 is 2.76 bits per heavy atom. The van der Waals surface area contributed by atoms with Crippen molar-refractivity contribution in [1.82, 2.24) is 10.6 Å². The Kier molecular flexibility index (Phi) is 9.14. The van der Waals surface area contributed by atoms with Gasteiger partial charge in [-0.2, -0.15) is 0 Å². The molecule has 8 nitrogen and oxygen atoms in total. The van der Waals surface area contributed by atoms with Gasteiger partial charge in [0, 0.05) is 11.6 Å². The summed E-state index contributed by atoms with van der Waals surface area (Å²) in [5, 5.41) is 15.5. The second-order valence-corrected chi connectivity index (χ2v) is 9.48. The highest BCUT2D eigenvalue weighted by Gasteiger charge is 2.49. The maximum Gasteiger partial charge on any atom is 0.306 e. The van der Waals surface area contributed by atoms with Crippen molar-refractivity contribution in [3.63, 3.8) is 0 Å². The van der Waals surface area contributed by atoms with Crippen LogP contribution in [0.4, 0.5) is 4.39 Å². The number of carbonyl (C=O) groups is 2. The summed E-state index contributed by atoms with van der Waals surface area (Å²) in [6, 6.07) is 5.14. The van der Waals surface area contributed by atoms with E-state index in [2.05, 4.69) is 17.6 Å². The number of hydrogen-bond acceptors (Lipinski definition) is 6. The molecule has 2 saturated heterocycles. The van der Waals surface area contributed by atoms with E-state index in [1.165, 1.54) is 6.07 Å². The Morgan fingerprint density at radius 1 is 1.29 bits per heavy atom. The van der Waals surface area contributed by atoms with Gasteiger partial charge in [0.2, 0.25) is 5.91 Å². The lowest BCUT2D eigenvalue weighted by atomic mass is 9.82. The molecule has 1 amide bonds. The Bertz CT molecular complexity index is 866. The molecule has 3 aliphatic rings. The van der Waals surface area contributed by atoms with Gasteiger partial charge in [0.1, 0.15) is 6.61 Å². The van der Waals surface area contributed by atoms with Crippen LogP contribution in [0.25, 0.3) is 0 Å². The summed E-state index contributed by atoms with van der Waals surface area (Å²) in [6.45, 7) is 3.13. The van der Waals surface area contributed by atoms with Crippen molar-refractivity contribution >= 4 is 24.3 Å². The van der Waals surface area contributed by atoms with Crippen LogP contribution >= 0.6 is 12.4 Å². The van der Waals surface area contributed by atoms with Gasteiger partial charge in [0.15, 0.2) is 11.6 Å². The van der Waals surface area contributed by atoms with E-state index < -0.39 is 17.3 Å². The van der Waals surface area contributed by atoms with Gasteiger partial charge in [-0.25, -0.2) is 4.39 Å². The van der Waals surface area contributed by atoms with Crippen LogP contribution < -0.4 is 15.4 Å². The maximum absolute atomic E-state index is 14.4. The fourth-order valence-electron chi connectivity index (χ4n) is 5.44. The number of carboxylic acids is 1. The van der Waals surface area contributed by atoms with Crippen molar-refractivity contribution in [1.29, 1.82) is 0 Å². The van der Waals surface area contributed by atoms with Crippen LogP contribution in [0.5, 0.6) is 5.75 Å². The lowest BCUT2D eigenvalue weighted by molar-refractivity contribution is -0.138. The monoisotopic (exact) mass is 500 g/mol. The van der Waals surface area contributed by atoms with Gasteiger partial charge < -0.3 is 30.0 Å². The van der Waals surface area contributed by atoms with E-state index in [1.54, 1.807) is 6.07 Å². The van der Waals surface area contributed by atoms with E-state index in [0.29, 0.717) is 13.2 Å². The molecule has 3 N–H and O–H groups in total. The zero-order valence-corrected chi connectivity index (χ0v) is 20.2. The van der Waals surface area contributed by atoms with Gasteiger partial charge in [-0.15, -0.1) is 12.4 Å². The van der Waals surface area contributed by atoms with E-state index in [-0.39, 0.29) is 67.8 Å². The molecule has 4 rings (SSSR count). The first kappa shape index (κ1) is 26.7. The first-order chi connectivity index (χ1) is 15.9. The zero-order chi connectivity index (χ0) is 23.4. The molecule has 1 aromatic rings. The van der Waals surface area contributed by atoms with Crippen molar-refractivity contribution in [2.75, 3.05) is 26.4 Å². The molecule has 3 fully saturated rings. The normalized spacial score (nSPS) is 31.1. The molecule has 0 radical (unpaired) electrons. The second-order valence-electron chi connectivity index (χ2n) is 9.48. The summed E-state index contributed by atoms with van der Waals surface area (Å²) >= 11 is 0. The predicted molar refractivity (Wildman–Crippen MR) is 125 cm³/mol. The molecule has 3 atom stereocenters. The molecule has 1 aromatic carbocycles. The number of rotatable bonds is 8. The Labute approximate surface area is 205 Å². The first-order valence-corrected chi connectivity index (χ1v) is 11.8. The van der Waals surface area contributed by atoms with E-state index in [1.807, 2.05) is 6.07 Å². The third kappa shape index (κ3) is 6.19. The molecular weight excluding hydrogens is 467 g/mol. The molecule has 2 aliphatic heterocycles. The number of para-hydroxylation sites is 1. The average molecular weight is 501 g/mol. The molecule has 1 saturated carbocycles. The summed E-state index contributed by atoms with van der Waals surface area (Å²) in [5.74, 6) is -1.21. The van der Waals surface area contributed by atoms with Crippen LogP contribution in [0.3, 0.4) is 0 Å². The number of carbonyl (C=O) groups excluding carboxylic acids is 1. The topological polar surface area (TPSA) is 106 Å². The minimum atomic E-state index is -0.974. The van der Waals surface area contributed by atoms with E-state index >= 15 is 0 Å². The van der Waals surface area contributed by atoms with Crippen LogP contribution in [0.1, 0.15) is 56.9 Å². The average Bonchev–Trinajstić information content (AvgIpc) is 3.07. The largest absolute Gasteiger partial charge is 0.490 e. The SMILES string of the molecule is C[C@@H]1CC2(COCC(=O)N2)C(COC2CCC(c3cccc(F)c3OCCC(=O)O)CC2)N1.Cl. The van der Waals surface area contributed by atoms with E-state index in [9.17, 15) is 14.0 Å². The van der Waals surface area contributed by atoms with Crippen LogP contribution in [0.15, 0.2) is 18.2 Å². The van der Waals surface area contributed by atoms with Crippen LogP contribution in [-0.4, -0.2) is 67.1 Å². The molecule has 1 aliphatic carbocycles. The van der Waals surface area contributed by atoms with Crippen LogP contribution in [0.2, 0.25) is 0 Å². The highest BCUT2D eigenvalue weighted by Crippen LogP contribution is 2.40. The molecule has 0 aromatic heterocycles. The van der Waals surface area contributed by atoms with Crippen molar-refractivity contribution in [3.8, 4) is 5.75 Å². The standard InChI is InChI=1S/C24H33FN2O6.ClH/c1-15-11-24(14-31-13-21(28)27-24)20(26-15)12-33-17-7-5-16(6-8-17)18-3-2-4-19(25)23(18)32-10-9-22(29)30;/h2-4,15-17,20,26H,5-14H2,1H3,(H,27,28)(H,29,30);1H/t15-,16?,17?,20?,24?;/m1./s1. The van der Waals surface area contributed by atoms with Crippen LogP contribution in [0, 0.1) is 5.82 Å². The molecule has 190 valence electrons. The van der Waals surface area contributed by atoms with Gasteiger partial charge in [0.25, 0.3) is 0 Å². The van der Waals surface area contributed by atoms with E-state index in [4.69, 9.17) is 19.3 Å². The molecule has 1 spiro atoms. The van der Waals surface area contributed by atoms with Crippen molar-refractivity contribution in [2.45, 2.75) is 75.1 Å². The van der Waals surface area contributed by atoms with Gasteiger partial charge in [0.05, 0.1) is 43.9 Å². The maximum atomic E-state index is 14.4. The van der Waals surface area contributed by atoms with Gasteiger partial charge >= 0.3 is 5.97 Å². The summed E-state index contributed by atoms with van der Waals surface area (Å²) in [5.41, 5.74) is 0.376. The number of hydrogen-bond donors (Lipinski definition) is 3. The fraction of sp³-hybridized carbons (Fsp3) is 0.667. The van der Waals surface area contributed by atoms with Crippen molar-refractivity contribution in [3.05, 3.63) is 29.6 Å². The third-order valence-corrected chi connectivity index (χ3v) is 6.98. The predicted octanol–water partition coefficient (Wildman–Crippen LogP) is 2.78. The Balaban J connectivity index is 0.00000324. The summed E-state index contributed by atoms with van der Waals surface area (Å²) in [7, 11) is 0. The molecule has 0 bridgehead atoms. The zero-order valence-electron chi connectivity index (χ0n) is 19.4. The summed E-state index contributed by atoms with van der Waals surface area (Å²) in [6.07, 6.45) is 4.09. The molecule has 10 heteroatoms. The number of amides is 1. The number of halogens is 2.